The summed E-state index contributed by atoms with van der Waals surface area (Å²) < 4.78 is 1.48. The minimum atomic E-state index is -0.104. The molecule has 3 rings (SSSR count). The van der Waals surface area contributed by atoms with E-state index >= 15 is 0 Å². The Hall–Kier alpha value is -2.77. The molecule has 1 fully saturated rings. The summed E-state index contributed by atoms with van der Waals surface area (Å²) in [5.41, 5.74) is 0.480. The molecule has 3 heterocycles. The Morgan fingerprint density at radius 1 is 1.40 bits per heavy atom. The third-order valence-corrected chi connectivity index (χ3v) is 4.20. The van der Waals surface area contributed by atoms with Gasteiger partial charge in [-0.3, -0.25) is 9.59 Å². The van der Waals surface area contributed by atoms with Gasteiger partial charge in [0.2, 0.25) is 5.91 Å². The van der Waals surface area contributed by atoms with Crippen LogP contribution in [0.1, 0.15) is 43.0 Å². The number of pyridine rings is 1. The quantitative estimate of drug-likeness (QED) is 0.881. The van der Waals surface area contributed by atoms with Crippen LogP contribution in [0.15, 0.2) is 31.0 Å². The van der Waals surface area contributed by atoms with Crippen molar-refractivity contribution < 1.29 is 9.59 Å². The number of carbonyl (C=O) groups excluding carboxylic acids is 2. The van der Waals surface area contributed by atoms with Crippen molar-refractivity contribution >= 4 is 11.8 Å². The van der Waals surface area contributed by atoms with Crippen molar-refractivity contribution in [2.24, 2.45) is 0 Å². The molecule has 8 heteroatoms. The van der Waals surface area contributed by atoms with Gasteiger partial charge in [-0.2, -0.15) is 5.10 Å². The Morgan fingerprint density at radius 3 is 3.04 bits per heavy atom. The molecule has 0 aliphatic carbocycles. The highest BCUT2D eigenvalue weighted by Gasteiger charge is 2.27. The van der Waals surface area contributed by atoms with Crippen LogP contribution >= 0.6 is 0 Å². The summed E-state index contributed by atoms with van der Waals surface area (Å²) >= 11 is 0. The number of likely N-dealkylation sites (tertiary alicyclic amines) is 1. The maximum atomic E-state index is 13.0. The molecule has 1 aliphatic heterocycles. The molecule has 0 radical (unpaired) electrons. The zero-order valence-electron chi connectivity index (χ0n) is 14.3. The van der Waals surface area contributed by atoms with Gasteiger partial charge in [-0.05, 0) is 31.4 Å². The fraction of sp³-hybridized carbons (Fsp3) is 0.471. The molecule has 132 valence electrons. The predicted molar refractivity (Wildman–Crippen MR) is 91.1 cm³/mol. The van der Waals surface area contributed by atoms with Gasteiger partial charge in [-0.25, -0.2) is 14.6 Å². The van der Waals surface area contributed by atoms with E-state index in [0.29, 0.717) is 30.9 Å². The summed E-state index contributed by atoms with van der Waals surface area (Å²) in [4.78, 5) is 34.8. The van der Waals surface area contributed by atoms with Crippen LogP contribution in [0.2, 0.25) is 0 Å². The normalized spacial score (nSPS) is 17.3. The molecule has 1 aliphatic rings. The van der Waals surface area contributed by atoms with Crippen LogP contribution in [-0.2, 0) is 4.79 Å². The third-order valence-electron chi connectivity index (χ3n) is 4.20. The van der Waals surface area contributed by atoms with E-state index in [9.17, 15) is 9.59 Å². The number of rotatable bonds is 5. The smallest absolute Gasteiger partial charge is 0.257 e. The molecule has 1 atom stereocenters. The first-order chi connectivity index (χ1) is 12.2. The molecule has 0 spiro atoms. The van der Waals surface area contributed by atoms with E-state index in [2.05, 4.69) is 20.4 Å². The molecule has 2 aromatic rings. The molecule has 0 saturated carbocycles. The number of nitrogens with one attached hydrogen (secondary N) is 1. The number of piperidine rings is 1. The highest BCUT2D eigenvalue weighted by Crippen LogP contribution is 2.17. The van der Waals surface area contributed by atoms with E-state index < -0.39 is 0 Å². The van der Waals surface area contributed by atoms with Gasteiger partial charge in [0.05, 0.1) is 5.56 Å². The Kier molecular flexibility index (Phi) is 5.37. The first kappa shape index (κ1) is 17.1. The van der Waals surface area contributed by atoms with E-state index in [4.69, 9.17) is 0 Å². The van der Waals surface area contributed by atoms with Gasteiger partial charge in [0.1, 0.15) is 12.7 Å². The molecule has 2 amide bonds. The van der Waals surface area contributed by atoms with Crippen molar-refractivity contribution in [2.45, 2.75) is 38.6 Å². The van der Waals surface area contributed by atoms with Crippen molar-refractivity contribution in [1.29, 1.82) is 0 Å². The minimum absolute atomic E-state index is 0.00300. The molecule has 8 nitrogen and oxygen atoms in total. The van der Waals surface area contributed by atoms with E-state index in [-0.39, 0.29) is 17.9 Å². The molecule has 1 N–H and O–H groups in total. The monoisotopic (exact) mass is 342 g/mol. The maximum Gasteiger partial charge on any atom is 0.257 e. The zero-order chi connectivity index (χ0) is 17.6. The lowest BCUT2D eigenvalue weighted by atomic mass is 10.0. The predicted octanol–water partition coefficient (Wildman–Crippen LogP) is 1.18. The molecule has 2 aromatic heterocycles. The van der Waals surface area contributed by atoms with Crippen molar-refractivity contribution in [1.82, 2.24) is 30.0 Å². The average Bonchev–Trinajstić information content (AvgIpc) is 3.16. The molecule has 0 bridgehead atoms. The zero-order valence-corrected chi connectivity index (χ0v) is 14.3. The first-order valence-electron chi connectivity index (χ1n) is 8.57. The standard InChI is InChI=1S/C17H22N6O2/c1-2-5-15(24)21-13-6-4-9-22(10-13)17(25)14-7-3-8-19-16(14)23-12-18-11-20-23/h3,7-8,11-13H,2,4-6,9-10H2,1H3,(H,21,24)/t13-/m1/s1. The van der Waals surface area contributed by atoms with E-state index in [1.54, 1.807) is 23.2 Å². The van der Waals surface area contributed by atoms with Gasteiger partial charge in [-0.15, -0.1) is 0 Å². The molecule has 0 unspecified atom stereocenters. The van der Waals surface area contributed by atoms with Crippen LogP contribution in [-0.4, -0.2) is 55.6 Å². The van der Waals surface area contributed by atoms with E-state index in [0.717, 1.165) is 19.3 Å². The number of hydrogen-bond acceptors (Lipinski definition) is 5. The van der Waals surface area contributed by atoms with Gasteiger partial charge in [0, 0.05) is 31.7 Å². The van der Waals surface area contributed by atoms with Crippen LogP contribution in [0.25, 0.3) is 5.82 Å². The second kappa shape index (κ2) is 7.87. The molecular formula is C17H22N6O2. The fourth-order valence-corrected chi connectivity index (χ4v) is 3.04. The summed E-state index contributed by atoms with van der Waals surface area (Å²) in [6, 6.07) is 3.48. The Bertz CT molecular complexity index is 730. The van der Waals surface area contributed by atoms with Gasteiger partial charge in [0.25, 0.3) is 5.91 Å². The highest BCUT2D eigenvalue weighted by atomic mass is 16.2. The fourth-order valence-electron chi connectivity index (χ4n) is 3.04. The largest absolute Gasteiger partial charge is 0.352 e. The van der Waals surface area contributed by atoms with Crippen molar-refractivity contribution in [2.75, 3.05) is 13.1 Å². The molecule has 0 aromatic carbocycles. The lowest BCUT2D eigenvalue weighted by molar-refractivity contribution is -0.122. The number of hydrogen-bond donors (Lipinski definition) is 1. The van der Waals surface area contributed by atoms with E-state index in [1.807, 2.05) is 6.92 Å². The Labute approximate surface area is 146 Å². The van der Waals surface area contributed by atoms with Gasteiger partial charge >= 0.3 is 0 Å². The van der Waals surface area contributed by atoms with Gasteiger partial charge in [0.15, 0.2) is 5.82 Å². The first-order valence-corrected chi connectivity index (χ1v) is 8.57. The van der Waals surface area contributed by atoms with Crippen molar-refractivity contribution in [3.63, 3.8) is 0 Å². The van der Waals surface area contributed by atoms with Gasteiger partial charge < -0.3 is 10.2 Å². The Balaban J connectivity index is 1.74. The summed E-state index contributed by atoms with van der Waals surface area (Å²) in [5, 5.41) is 7.09. The van der Waals surface area contributed by atoms with Crippen LogP contribution < -0.4 is 5.32 Å². The van der Waals surface area contributed by atoms with Gasteiger partial charge in [-0.1, -0.05) is 6.92 Å². The summed E-state index contributed by atoms with van der Waals surface area (Å²) in [7, 11) is 0. The number of carbonyl (C=O) groups is 2. The average molecular weight is 342 g/mol. The van der Waals surface area contributed by atoms with Crippen LogP contribution in [0.3, 0.4) is 0 Å². The van der Waals surface area contributed by atoms with Crippen molar-refractivity contribution in [3.8, 4) is 5.82 Å². The Morgan fingerprint density at radius 2 is 2.28 bits per heavy atom. The number of nitrogens with zero attached hydrogens (tertiary/aromatic N) is 5. The van der Waals surface area contributed by atoms with Crippen molar-refractivity contribution in [3.05, 3.63) is 36.5 Å². The second-order valence-corrected chi connectivity index (χ2v) is 6.12. The third kappa shape index (κ3) is 4.01. The maximum absolute atomic E-state index is 13.0. The summed E-state index contributed by atoms with van der Waals surface area (Å²) in [6.45, 7) is 3.16. The van der Waals surface area contributed by atoms with Crippen LogP contribution in [0, 0.1) is 0 Å². The van der Waals surface area contributed by atoms with Crippen LogP contribution in [0.4, 0.5) is 0 Å². The highest BCUT2D eigenvalue weighted by molar-refractivity contribution is 5.97. The van der Waals surface area contributed by atoms with Crippen LogP contribution in [0.5, 0.6) is 0 Å². The molecular weight excluding hydrogens is 320 g/mol. The summed E-state index contributed by atoms with van der Waals surface area (Å²) in [5.74, 6) is 0.404. The topological polar surface area (TPSA) is 93.0 Å². The lowest BCUT2D eigenvalue weighted by Crippen LogP contribution is -2.49. The SMILES string of the molecule is CCCC(=O)N[C@@H]1CCCN(C(=O)c2cccnc2-n2cncn2)C1. The number of amides is 2. The summed E-state index contributed by atoms with van der Waals surface area (Å²) in [6.07, 6.45) is 7.63. The number of aromatic nitrogens is 4. The molecule has 25 heavy (non-hydrogen) atoms. The minimum Gasteiger partial charge on any atom is -0.352 e. The second-order valence-electron chi connectivity index (χ2n) is 6.12. The lowest BCUT2D eigenvalue weighted by Gasteiger charge is -2.33. The van der Waals surface area contributed by atoms with E-state index in [1.165, 1.54) is 17.3 Å². The molecule has 1 saturated heterocycles.